The Morgan fingerprint density at radius 1 is 1.09 bits per heavy atom. The van der Waals surface area contributed by atoms with Crippen LogP contribution in [-0.4, -0.2) is 12.5 Å². The molecule has 4 heteroatoms. The molecule has 0 bridgehead atoms. The maximum absolute atomic E-state index is 12.0. The molecule has 0 radical (unpaired) electrons. The average Bonchev–Trinajstić information content (AvgIpc) is 2.47. The van der Waals surface area contributed by atoms with Crippen molar-refractivity contribution in [1.82, 2.24) is 0 Å². The van der Waals surface area contributed by atoms with Crippen LogP contribution >= 0.6 is 11.6 Å². The smallest absolute Gasteiger partial charge is 0.262 e. The lowest BCUT2D eigenvalue weighted by Gasteiger charge is -2.12. The molecule has 1 amide bonds. The Labute approximate surface area is 136 Å². The van der Waals surface area contributed by atoms with Gasteiger partial charge in [-0.15, -0.1) is 0 Å². The molecule has 2 rings (SSSR count). The highest BCUT2D eigenvalue weighted by molar-refractivity contribution is 6.32. The van der Waals surface area contributed by atoms with Crippen molar-refractivity contribution < 1.29 is 9.53 Å². The van der Waals surface area contributed by atoms with Crippen molar-refractivity contribution in [2.75, 3.05) is 11.9 Å². The van der Waals surface area contributed by atoms with Crippen LogP contribution in [-0.2, 0) is 4.79 Å². The standard InChI is InChI=1S/C18H20ClNO2/c1-11-6-5-7-16(14(11)4)20-17(21)10-22-15-8-12(2)18(19)13(3)9-15/h5-9H,10H2,1-4H3,(H,20,21). The highest BCUT2D eigenvalue weighted by Crippen LogP contribution is 2.26. The molecule has 0 aliphatic rings. The molecule has 2 aromatic carbocycles. The fourth-order valence-corrected chi connectivity index (χ4v) is 2.32. The van der Waals surface area contributed by atoms with Gasteiger partial charge in [0, 0.05) is 10.7 Å². The van der Waals surface area contributed by atoms with Gasteiger partial charge in [-0.2, -0.15) is 0 Å². The van der Waals surface area contributed by atoms with Crippen molar-refractivity contribution in [3.8, 4) is 5.75 Å². The summed E-state index contributed by atoms with van der Waals surface area (Å²) >= 11 is 6.12. The molecule has 0 aliphatic carbocycles. The zero-order chi connectivity index (χ0) is 16.3. The minimum Gasteiger partial charge on any atom is -0.484 e. The fraction of sp³-hybridized carbons (Fsp3) is 0.278. The summed E-state index contributed by atoms with van der Waals surface area (Å²) in [5, 5.41) is 3.60. The van der Waals surface area contributed by atoms with Gasteiger partial charge >= 0.3 is 0 Å². The SMILES string of the molecule is Cc1cccc(NC(=O)COc2cc(C)c(Cl)c(C)c2)c1C. The normalized spacial score (nSPS) is 10.4. The van der Waals surface area contributed by atoms with Gasteiger partial charge in [0.2, 0.25) is 0 Å². The van der Waals surface area contributed by atoms with Gasteiger partial charge in [-0.3, -0.25) is 4.79 Å². The zero-order valence-corrected chi connectivity index (χ0v) is 14.0. The van der Waals surface area contributed by atoms with Gasteiger partial charge < -0.3 is 10.1 Å². The van der Waals surface area contributed by atoms with Gasteiger partial charge in [-0.25, -0.2) is 0 Å². The van der Waals surface area contributed by atoms with E-state index in [0.717, 1.165) is 33.0 Å². The highest BCUT2D eigenvalue weighted by atomic mass is 35.5. The predicted octanol–water partition coefficient (Wildman–Crippen LogP) is 4.59. The summed E-state index contributed by atoms with van der Waals surface area (Å²) < 4.78 is 5.56. The van der Waals surface area contributed by atoms with Crippen LogP contribution < -0.4 is 10.1 Å². The molecule has 3 nitrogen and oxygen atoms in total. The first-order chi connectivity index (χ1) is 10.4. The molecular formula is C18H20ClNO2. The number of carbonyl (C=O) groups excluding carboxylic acids is 1. The van der Waals surface area contributed by atoms with Crippen molar-refractivity contribution >= 4 is 23.2 Å². The highest BCUT2D eigenvalue weighted by Gasteiger charge is 2.08. The summed E-state index contributed by atoms with van der Waals surface area (Å²) in [6, 6.07) is 9.49. The Bertz CT molecular complexity index is 687. The van der Waals surface area contributed by atoms with Crippen LogP contribution in [0.4, 0.5) is 5.69 Å². The monoisotopic (exact) mass is 317 g/mol. The molecule has 0 fully saturated rings. The summed E-state index contributed by atoms with van der Waals surface area (Å²) in [5.74, 6) is 0.467. The lowest BCUT2D eigenvalue weighted by molar-refractivity contribution is -0.118. The van der Waals surface area contributed by atoms with Gasteiger partial charge in [0.15, 0.2) is 6.61 Å². The number of benzene rings is 2. The summed E-state index contributed by atoms with van der Waals surface area (Å²) in [6.07, 6.45) is 0. The second kappa shape index (κ2) is 6.84. The molecule has 1 N–H and O–H groups in total. The maximum atomic E-state index is 12.0. The fourth-order valence-electron chi connectivity index (χ4n) is 2.21. The second-order valence-electron chi connectivity index (χ2n) is 5.46. The Hall–Kier alpha value is -2.00. The Balaban J connectivity index is 2.00. The van der Waals surface area contributed by atoms with E-state index in [4.69, 9.17) is 16.3 Å². The number of nitrogens with one attached hydrogen (secondary N) is 1. The molecule has 2 aromatic rings. The van der Waals surface area contributed by atoms with Gasteiger partial charge in [0.05, 0.1) is 0 Å². The van der Waals surface area contributed by atoms with E-state index in [1.807, 2.05) is 58.0 Å². The number of rotatable bonds is 4. The zero-order valence-electron chi connectivity index (χ0n) is 13.3. The van der Waals surface area contributed by atoms with E-state index in [0.29, 0.717) is 5.75 Å². The molecule has 0 saturated carbocycles. The third kappa shape index (κ3) is 3.80. The van der Waals surface area contributed by atoms with Crippen LogP contribution in [0.15, 0.2) is 30.3 Å². The molecule has 0 aromatic heterocycles. The molecule has 0 unspecified atom stereocenters. The van der Waals surface area contributed by atoms with Crippen molar-refractivity contribution in [2.45, 2.75) is 27.7 Å². The Morgan fingerprint density at radius 2 is 1.73 bits per heavy atom. The average molecular weight is 318 g/mol. The third-order valence-electron chi connectivity index (χ3n) is 3.66. The van der Waals surface area contributed by atoms with E-state index in [-0.39, 0.29) is 12.5 Å². The number of amides is 1. The molecule has 0 aliphatic heterocycles. The molecule has 0 saturated heterocycles. The minimum atomic E-state index is -0.182. The molecule has 22 heavy (non-hydrogen) atoms. The quantitative estimate of drug-likeness (QED) is 0.895. The number of halogens is 1. The van der Waals surface area contributed by atoms with Gasteiger partial charge in [-0.1, -0.05) is 23.7 Å². The van der Waals surface area contributed by atoms with Gasteiger partial charge in [0.25, 0.3) is 5.91 Å². The van der Waals surface area contributed by atoms with Crippen LogP contribution in [0, 0.1) is 27.7 Å². The third-order valence-corrected chi connectivity index (χ3v) is 4.25. The molecule has 0 atom stereocenters. The summed E-state index contributed by atoms with van der Waals surface area (Å²) in [6.45, 7) is 7.79. The van der Waals surface area contributed by atoms with Crippen LogP contribution in [0.1, 0.15) is 22.3 Å². The van der Waals surface area contributed by atoms with E-state index >= 15 is 0 Å². The Morgan fingerprint density at radius 3 is 2.36 bits per heavy atom. The van der Waals surface area contributed by atoms with Crippen molar-refractivity contribution in [3.63, 3.8) is 0 Å². The van der Waals surface area contributed by atoms with E-state index < -0.39 is 0 Å². The number of ether oxygens (including phenoxy) is 1. The van der Waals surface area contributed by atoms with E-state index in [2.05, 4.69) is 5.32 Å². The minimum absolute atomic E-state index is 0.0338. The summed E-state index contributed by atoms with van der Waals surface area (Å²) in [7, 11) is 0. The number of carbonyl (C=O) groups is 1. The number of anilines is 1. The van der Waals surface area contributed by atoms with Crippen molar-refractivity contribution in [3.05, 3.63) is 57.6 Å². The first-order valence-electron chi connectivity index (χ1n) is 7.14. The van der Waals surface area contributed by atoms with Gasteiger partial charge in [0.1, 0.15) is 5.75 Å². The molecular weight excluding hydrogens is 298 g/mol. The number of aryl methyl sites for hydroxylation is 3. The first-order valence-corrected chi connectivity index (χ1v) is 7.52. The summed E-state index contributed by atoms with van der Waals surface area (Å²) in [5.41, 5.74) is 4.90. The van der Waals surface area contributed by atoms with Crippen LogP contribution in [0.2, 0.25) is 5.02 Å². The van der Waals surface area contributed by atoms with Crippen molar-refractivity contribution in [1.29, 1.82) is 0 Å². The van der Waals surface area contributed by atoms with Crippen LogP contribution in [0.3, 0.4) is 0 Å². The van der Waals surface area contributed by atoms with Gasteiger partial charge in [-0.05, 0) is 68.1 Å². The molecule has 0 spiro atoms. The topological polar surface area (TPSA) is 38.3 Å². The second-order valence-corrected chi connectivity index (χ2v) is 5.83. The van der Waals surface area contributed by atoms with Crippen LogP contribution in [0.5, 0.6) is 5.75 Å². The largest absolute Gasteiger partial charge is 0.484 e. The van der Waals surface area contributed by atoms with Crippen molar-refractivity contribution in [2.24, 2.45) is 0 Å². The predicted molar refractivity (Wildman–Crippen MR) is 91.0 cm³/mol. The molecule has 0 heterocycles. The van der Waals surface area contributed by atoms with E-state index in [1.54, 1.807) is 0 Å². The van der Waals surface area contributed by atoms with E-state index in [1.165, 1.54) is 0 Å². The summed E-state index contributed by atoms with van der Waals surface area (Å²) in [4.78, 5) is 12.0. The number of hydrogen-bond donors (Lipinski definition) is 1. The molecule has 116 valence electrons. The lowest BCUT2D eigenvalue weighted by Crippen LogP contribution is -2.20. The van der Waals surface area contributed by atoms with Crippen LogP contribution in [0.25, 0.3) is 0 Å². The maximum Gasteiger partial charge on any atom is 0.262 e. The Kier molecular flexibility index (Phi) is 5.09. The van der Waals surface area contributed by atoms with E-state index in [9.17, 15) is 4.79 Å². The lowest BCUT2D eigenvalue weighted by atomic mass is 10.1. The number of hydrogen-bond acceptors (Lipinski definition) is 2. The first kappa shape index (κ1) is 16.4.